The first kappa shape index (κ1) is 29.4. The summed E-state index contributed by atoms with van der Waals surface area (Å²) < 4.78 is 10.3. The maximum atomic E-state index is 12.3. The third-order valence-corrected chi connectivity index (χ3v) is 5.62. The van der Waals surface area contributed by atoms with Crippen LogP contribution >= 0.6 is 0 Å². The summed E-state index contributed by atoms with van der Waals surface area (Å²) in [6, 6.07) is 9.28. The number of alkyl carbamates (subject to hydrolysis) is 2. The molecule has 1 aromatic rings. The van der Waals surface area contributed by atoms with E-state index in [4.69, 9.17) is 9.47 Å². The third-order valence-electron chi connectivity index (χ3n) is 5.62. The third kappa shape index (κ3) is 11.7. The molecule has 1 aromatic carbocycles. The Hall–Kier alpha value is -2.81. The maximum absolute atomic E-state index is 12.3. The van der Waals surface area contributed by atoms with E-state index in [1.54, 1.807) is 0 Å². The van der Waals surface area contributed by atoms with Gasteiger partial charge in [-0.05, 0) is 91.4 Å². The average molecular weight is 505 g/mol. The number of nitrogens with one attached hydrogen (secondary N) is 3. The van der Waals surface area contributed by atoms with Crippen molar-refractivity contribution in [1.82, 2.24) is 20.9 Å². The molecule has 0 spiro atoms. The molecule has 2 aliphatic rings. The second kappa shape index (κ2) is 13.5. The van der Waals surface area contributed by atoms with E-state index in [9.17, 15) is 14.4 Å². The molecule has 0 aromatic heterocycles. The van der Waals surface area contributed by atoms with Crippen LogP contribution < -0.4 is 16.0 Å². The summed E-state index contributed by atoms with van der Waals surface area (Å²) in [5.41, 5.74) is -0.184. The smallest absolute Gasteiger partial charge is 0.407 e. The predicted octanol–water partition coefficient (Wildman–Crippen LogP) is 3.79. The van der Waals surface area contributed by atoms with Gasteiger partial charge in [-0.3, -0.25) is 4.79 Å². The first-order valence-electron chi connectivity index (χ1n) is 12.8. The molecular formula is C27H44N4O5. The number of hydrogen-bond acceptors (Lipinski definition) is 6. The fourth-order valence-electron chi connectivity index (χ4n) is 3.92. The first-order chi connectivity index (χ1) is 16.8. The van der Waals surface area contributed by atoms with Crippen molar-refractivity contribution in [1.29, 1.82) is 0 Å². The number of benzene rings is 1. The van der Waals surface area contributed by atoms with Gasteiger partial charge in [0, 0.05) is 31.7 Å². The Morgan fingerprint density at radius 1 is 0.889 bits per heavy atom. The van der Waals surface area contributed by atoms with Crippen LogP contribution in [0.5, 0.6) is 0 Å². The van der Waals surface area contributed by atoms with E-state index in [-0.39, 0.29) is 17.9 Å². The standard InChI is InChI=1S/C17H24N2O3.C10H20N2O2/c1-17(2,3)22-16(21)18-11-13-9-10-19(12-13)15(20)14-7-5-4-6-8-14;1-10(2,3)14-9(13)12-7-8-4-5-11-6-8/h4-8,13H,9-12H2,1-3H3,(H,18,21);8,11H,4-7H2,1-3H3,(H,12,13). The van der Waals surface area contributed by atoms with E-state index >= 15 is 0 Å². The monoisotopic (exact) mass is 504 g/mol. The van der Waals surface area contributed by atoms with Gasteiger partial charge in [0.25, 0.3) is 5.91 Å². The molecule has 36 heavy (non-hydrogen) atoms. The molecule has 9 nitrogen and oxygen atoms in total. The van der Waals surface area contributed by atoms with E-state index < -0.39 is 17.3 Å². The number of carbonyl (C=O) groups excluding carboxylic acids is 3. The number of ether oxygens (including phenoxy) is 2. The van der Waals surface area contributed by atoms with Crippen LogP contribution in [0, 0.1) is 11.8 Å². The minimum atomic E-state index is -0.491. The van der Waals surface area contributed by atoms with Crippen molar-refractivity contribution in [3.05, 3.63) is 35.9 Å². The summed E-state index contributed by atoms with van der Waals surface area (Å²) in [7, 11) is 0. The summed E-state index contributed by atoms with van der Waals surface area (Å²) >= 11 is 0. The molecule has 2 aliphatic heterocycles. The molecule has 202 valence electrons. The van der Waals surface area contributed by atoms with Crippen LogP contribution in [0.2, 0.25) is 0 Å². The molecule has 3 N–H and O–H groups in total. The van der Waals surface area contributed by atoms with Crippen molar-refractivity contribution in [3.8, 4) is 0 Å². The highest BCUT2D eigenvalue weighted by Crippen LogP contribution is 2.18. The van der Waals surface area contributed by atoms with Crippen LogP contribution in [0.15, 0.2) is 30.3 Å². The van der Waals surface area contributed by atoms with E-state index in [0.29, 0.717) is 31.1 Å². The lowest BCUT2D eigenvalue weighted by molar-refractivity contribution is 0.0508. The molecule has 3 rings (SSSR count). The van der Waals surface area contributed by atoms with Crippen LogP contribution in [0.25, 0.3) is 0 Å². The zero-order chi connectivity index (χ0) is 26.8. The van der Waals surface area contributed by atoms with Crippen molar-refractivity contribution in [3.63, 3.8) is 0 Å². The van der Waals surface area contributed by atoms with Crippen LogP contribution in [0.1, 0.15) is 64.7 Å². The highest BCUT2D eigenvalue weighted by Gasteiger charge is 2.27. The Kier molecular flexibility index (Phi) is 11.0. The highest BCUT2D eigenvalue weighted by atomic mass is 16.6. The lowest BCUT2D eigenvalue weighted by Gasteiger charge is -2.21. The molecule has 2 unspecified atom stereocenters. The zero-order valence-corrected chi connectivity index (χ0v) is 22.7. The Morgan fingerprint density at radius 2 is 1.44 bits per heavy atom. The number of rotatable bonds is 5. The highest BCUT2D eigenvalue weighted by molar-refractivity contribution is 5.94. The number of hydrogen-bond donors (Lipinski definition) is 3. The van der Waals surface area contributed by atoms with Gasteiger partial charge in [-0.15, -0.1) is 0 Å². The summed E-state index contributed by atoms with van der Waals surface area (Å²) in [5.74, 6) is 0.892. The van der Waals surface area contributed by atoms with Crippen molar-refractivity contribution < 1.29 is 23.9 Å². The van der Waals surface area contributed by atoms with Crippen molar-refractivity contribution in [2.75, 3.05) is 39.3 Å². The molecule has 2 saturated heterocycles. The van der Waals surface area contributed by atoms with Crippen LogP contribution in [0.4, 0.5) is 9.59 Å². The molecular weight excluding hydrogens is 460 g/mol. The summed E-state index contributed by atoms with van der Waals surface area (Å²) in [4.78, 5) is 37.1. The molecule has 2 heterocycles. The fraction of sp³-hybridized carbons (Fsp3) is 0.667. The van der Waals surface area contributed by atoms with Gasteiger partial charge in [-0.1, -0.05) is 18.2 Å². The Balaban J connectivity index is 0.000000281. The lowest BCUT2D eigenvalue weighted by Crippen LogP contribution is -2.36. The summed E-state index contributed by atoms with van der Waals surface area (Å²) in [6.45, 7) is 15.8. The van der Waals surface area contributed by atoms with Gasteiger partial charge in [0.2, 0.25) is 0 Å². The SMILES string of the molecule is CC(C)(C)OC(=O)NCC1CCN(C(=O)c2ccccc2)C1.CC(C)(C)OC(=O)NCC1CCNC1. The maximum Gasteiger partial charge on any atom is 0.407 e. The van der Waals surface area contributed by atoms with E-state index in [2.05, 4.69) is 16.0 Å². The molecule has 3 amide bonds. The predicted molar refractivity (Wildman–Crippen MR) is 140 cm³/mol. The van der Waals surface area contributed by atoms with Crippen LogP contribution in [0.3, 0.4) is 0 Å². The summed E-state index contributed by atoms with van der Waals surface area (Å²) in [5, 5.41) is 8.81. The number of amides is 3. The van der Waals surface area contributed by atoms with E-state index in [0.717, 1.165) is 32.5 Å². The first-order valence-corrected chi connectivity index (χ1v) is 12.8. The molecule has 0 radical (unpaired) electrons. The second-order valence-corrected chi connectivity index (χ2v) is 11.4. The molecule has 0 saturated carbocycles. The van der Waals surface area contributed by atoms with Crippen molar-refractivity contribution >= 4 is 18.1 Å². The Morgan fingerprint density at radius 3 is 1.94 bits per heavy atom. The summed E-state index contributed by atoms with van der Waals surface area (Å²) in [6.07, 6.45) is 1.31. The van der Waals surface area contributed by atoms with Gasteiger partial charge in [-0.2, -0.15) is 0 Å². The quantitative estimate of drug-likeness (QED) is 0.563. The van der Waals surface area contributed by atoms with Gasteiger partial charge < -0.3 is 30.3 Å². The van der Waals surface area contributed by atoms with Gasteiger partial charge in [0.05, 0.1) is 0 Å². The van der Waals surface area contributed by atoms with Crippen LogP contribution in [-0.4, -0.2) is 73.5 Å². The van der Waals surface area contributed by atoms with Gasteiger partial charge in [0.1, 0.15) is 11.2 Å². The number of carbonyl (C=O) groups is 3. The van der Waals surface area contributed by atoms with Gasteiger partial charge in [-0.25, -0.2) is 9.59 Å². The Bertz CT molecular complexity index is 842. The minimum Gasteiger partial charge on any atom is -0.444 e. The average Bonchev–Trinajstić information content (AvgIpc) is 3.47. The normalized spacial score (nSPS) is 19.7. The van der Waals surface area contributed by atoms with Gasteiger partial charge in [0.15, 0.2) is 0 Å². The Labute approximate surface area is 215 Å². The molecule has 9 heteroatoms. The van der Waals surface area contributed by atoms with Crippen LogP contribution in [-0.2, 0) is 9.47 Å². The molecule has 2 atom stereocenters. The zero-order valence-electron chi connectivity index (χ0n) is 22.7. The van der Waals surface area contributed by atoms with Crippen molar-refractivity contribution in [2.45, 2.75) is 65.6 Å². The molecule has 2 fully saturated rings. The molecule has 0 aliphatic carbocycles. The lowest BCUT2D eigenvalue weighted by atomic mass is 10.1. The minimum absolute atomic E-state index is 0.0559. The van der Waals surface area contributed by atoms with Crippen molar-refractivity contribution in [2.24, 2.45) is 11.8 Å². The van der Waals surface area contributed by atoms with E-state index in [1.807, 2.05) is 76.8 Å². The number of nitrogens with zero attached hydrogens (tertiary/aromatic N) is 1. The molecule has 0 bridgehead atoms. The van der Waals surface area contributed by atoms with Gasteiger partial charge >= 0.3 is 12.2 Å². The second-order valence-electron chi connectivity index (χ2n) is 11.4. The largest absolute Gasteiger partial charge is 0.444 e. The number of likely N-dealkylation sites (tertiary alicyclic amines) is 1. The fourth-order valence-corrected chi connectivity index (χ4v) is 3.92. The van der Waals surface area contributed by atoms with E-state index in [1.165, 1.54) is 0 Å². The topological polar surface area (TPSA) is 109 Å².